The lowest BCUT2D eigenvalue weighted by Crippen LogP contribution is -2.33. The zero-order valence-electron chi connectivity index (χ0n) is 13.5. The Morgan fingerprint density at radius 1 is 1.04 bits per heavy atom. The van der Waals surface area contributed by atoms with Crippen molar-refractivity contribution in [2.24, 2.45) is 0 Å². The van der Waals surface area contributed by atoms with Crippen LogP contribution in [0.1, 0.15) is 31.7 Å². The standard InChI is InChI=1S/C18H23NO3S/c1-3-15(2)16-9-11-18(12-10-16)23(21,22)19(13-14-20)17-7-5-4-6-8-17/h4-12,15,20H,3,13-14H2,1-2H3. The van der Waals surface area contributed by atoms with Crippen LogP contribution in [0.15, 0.2) is 59.5 Å². The third kappa shape index (κ3) is 3.92. The van der Waals surface area contributed by atoms with E-state index in [9.17, 15) is 13.5 Å². The Labute approximate surface area is 138 Å². The number of rotatable bonds is 7. The lowest BCUT2D eigenvalue weighted by atomic mass is 9.99. The van der Waals surface area contributed by atoms with E-state index in [0.717, 1.165) is 12.0 Å². The maximum Gasteiger partial charge on any atom is 0.264 e. The van der Waals surface area contributed by atoms with E-state index in [0.29, 0.717) is 11.6 Å². The Morgan fingerprint density at radius 3 is 2.17 bits per heavy atom. The average molecular weight is 333 g/mol. The Balaban J connectivity index is 2.38. The van der Waals surface area contributed by atoms with E-state index >= 15 is 0 Å². The molecule has 4 nitrogen and oxygen atoms in total. The molecule has 0 radical (unpaired) electrons. The molecule has 0 heterocycles. The highest BCUT2D eigenvalue weighted by Gasteiger charge is 2.24. The minimum atomic E-state index is -3.69. The van der Waals surface area contributed by atoms with Crippen molar-refractivity contribution in [3.8, 4) is 0 Å². The van der Waals surface area contributed by atoms with Gasteiger partial charge < -0.3 is 5.11 Å². The first-order valence-corrected chi connectivity index (χ1v) is 9.23. The number of aliphatic hydroxyl groups is 1. The fourth-order valence-corrected chi connectivity index (χ4v) is 3.86. The molecule has 0 fully saturated rings. The fraction of sp³-hybridized carbons (Fsp3) is 0.333. The van der Waals surface area contributed by atoms with Gasteiger partial charge >= 0.3 is 0 Å². The zero-order chi connectivity index (χ0) is 16.9. The molecule has 1 N–H and O–H groups in total. The number of benzene rings is 2. The molecule has 124 valence electrons. The third-order valence-electron chi connectivity index (χ3n) is 4.00. The summed E-state index contributed by atoms with van der Waals surface area (Å²) < 4.78 is 27.0. The molecule has 0 saturated carbocycles. The molecule has 2 aromatic carbocycles. The minimum absolute atomic E-state index is 0.0272. The number of anilines is 1. The summed E-state index contributed by atoms with van der Waals surface area (Å²) in [7, 11) is -3.69. The van der Waals surface area contributed by atoms with Crippen molar-refractivity contribution >= 4 is 15.7 Å². The lowest BCUT2D eigenvalue weighted by Gasteiger charge is -2.24. The van der Waals surface area contributed by atoms with Crippen LogP contribution in [0.2, 0.25) is 0 Å². The summed E-state index contributed by atoms with van der Waals surface area (Å²) in [5.41, 5.74) is 1.67. The molecule has 2 aromatic rings. The zero-order valence-corrected chi connectivity index (χ0v) is 14.3. The van der Waals surface area contributed by atoms with Crippen molar-refractivity contribution in [3.63, 3.8) is 0 Å². The van der Waals surface area contributed by atoms with Crippen LogP contribution in [0.3, 0.4) is 0 Å². The summed E-state index contributed by atoms with van der Waals surface area (Å²) in [6.07, 6.45) is 1.01. The molecular weight excluding hydrogens is 310 g/mol. The van der Waals surface area contributed by atoms with E-state index < -0.39 is 10.0 Å². The number of hydrogen-bond donors (Lipinski definition) is 1. The van der Waals surface area contributed by atoms with Crippen molar-refractivity contribution in [2.45, 2.75) is 31.1 Å². The van der Waals surface area contributed by atoms with E-state index in [1.165, 1.54) is 4.31 Å². The van der Waals surface area contributed by atoms with Crippen LogP contribution in [-0.2, 0) is 10.0 Å². The first-order valence-electron chi connectivity index (χ1n) is 7.79. The molecule has 0 aromatic heterocycles. The third-order valence-corrected chi connectivity index (χ3v) is 5.84. The predicted octanol–water partition coefficient (Wildman–Crippen LogP) is 3.39. The van der Waals surface area contributed by atoms with Gasteiger partial charge in [0.25, 0.3) is 10.0 Å². The minimum Gasteiger partial charge on any atom is -0.394 e. The van der Waals surface area contributed by atoms with Gasteiger partial charge in [-0.05, 0) is 42.2 Å². The van der Waals surface area contributed by atoms with Crippen LogP contribution in [0.5, 0.6) is 0 Å². The van der Waals surface area contributed by atoms with Crippen LogP contribution in [0, 0.1) is 0 Å². The number of sulfonamides is 1. The van der Waals surface area contributed by atoms with Crippen LogP contribution in [-0.4, -0.2) is 26.7 Å². The van der Waals surface area contributed by atoms with Gasteiger partial charge in [-0.15, -0.1) is 0 Å². The molecule has 0 aliphatic heterocycles. The molecule has 2 rings (SSSR count). The van der Waals surface area contributed by atoms with E-state index in [2.05, 4.69) is 13.8 Å². The number of nitrogens with zero attached hydrogens (tertiary/aromatic N) is 1. The van der Waals surface area contributed by atoms with Crippen LogP contribution < -0.4 is 4.31 Å². The molecule has 1 atom stereocenters. The van der Waals surface area contributed by atoms with Gasteiger partial charge in [0.2, 0.25) is 0 Å². The van der Waals surface area contributed by atoms with Gasteiger partial charge in [-0.2, -0.15) is 0 Å². The number of aliphatic hydroxyl groups excluding tert-OH is 1. The maximum absolute atomic E-state index is 12.9. The Kier molecular flexibility index (Phi) is 5.80. The highest BCUT2D eigenvalue weighted by molar-refractivity contribution is 7.92. The van der Waals surface area contributed by atoms with Crippen molar-refractivity contribution in [1.82, 2.24) is 0 Å². The highest BCUT2D eigenvalue weighted by atomic mass is 32.2. The molecular formula is C18H23NO3S. The first-order chi connectivity index (χ1) is 11.0. The van der Waals surface area contributed by atoms with Crippen molar-refractivity contribution in [1.29, 1.82) is 0 Å². The second-order valence-electron chi connectivity index (χ2n) is 5.51. The SMILES string of the molecule is CCC(C)c1ccc(S(=O)(=O)N(CCO)c2ccccc2)cc1. The summed E-state index contributed by atoms with van der Waals surface area (Å²) in [5, 5.41) is 9.25. The summed E-state index contributed by atoms with van der Waals surface area (Å²) in [6.45, 7) is 4.01. The second kappa shape index (κ2) is 7.62. The van der Waals surface area contributed by atoms with E-state index in [-0.39, 0.29) is 18.0 Å². The second-order valence-corrected chi connectivity index (χ2v) is 7.38. The van der Waals surface area contributed by atoms with Gasteiger partial charge in [0.1, 0.15) is 0 Å². The smallest absolute Gasteiger partial charge is 0.264 e. The van der Waals surface area contributed by atoms with Crippen molar-refractivity contribution in [2.75, 3.05) is 17.5 Å². The van der Waals surface area contributed by atoms with Gasteiger partial charge in [0.05, 0.1) is 23.7 Å². The monoisotopic (exact) mass is 333 g/mol. The molecule has 0 spiro atoms. The fourth-order valence-electron chi connectivity index (χ4n) is 2.40. The van der Waals surface area contributed by atoms with Crippen molar-refractivity contribution < 1.29 is 13.5 Å². The Bertz CT molecular complexity index is 712. The van der Waals surface area contributed by atoms with Gasteiger partial charge in [-0.25, -0.2) is 8.42 Å². The van der Waals surface area contributed by atoms with E-state index in [4.69, 9.17) is 0 Å². The van der Waals surface area contributed by atoms with Gasteiger partial charge in [-0.3, -0.25) is 4.31 Å². The molecule has 5 heteroatoms. The first kappa shape index (κ1) is 17.5. The molecule has 0 saturated heterocycles. The van der Waals surface area contributed by atoms with Crippen molar-refractivity contribution in [3.05, 3.63) is 60.2 Å². The molecule has 0 aliphatic carbocycles. The quantitative estimate of drug-likeness (QED) is 0.845. The number of hydrogen-bond acceptors (Lipinski definition) is 3. The van der Waals surface area contributed by atoms with E-state index in [1.54, 1.807) is 36.4 Å². The Morgan fingerprint density at radius 2 is 1.65 bits per heavy atom. The lowest BCUT2D eigenvalue weighted by molar-refractivity contribution is 0.306. The molecule has 0 aliphatic rings. The van der Waals surface area contributed by atoms with Gasteiger partial charge in [0, 0.05) is 0 Å². The number of para-hydroxylation sites is 1. The van der Waals surface area contributed by atoms with Gasteiger partial charge in [0.15, 0.2) is 0 Å². The average Bonchev–Trinajstić information content (AvgIpc) is 2.59. The highest BCUT2D eigenvalue weighted by Crippen LogP contribution is 2.25. The summed E-state index contributed by atoms with van der Waals surface area (Å²) in [4.78, 5) is 0.238. The summed E-state index contributed by atoms with van der Waals surface area (Å²) in [6, 6.07) is 15.8. The normalized spacial score (nSPS) is 12.8. The Hall–Kier alpha value is -1.85. The van der Waals surface area contributed by atoms with Gasteiger partial charge in [-0.1, -0.05) is 44.2 Å². The molecule has 0 bridgehead atoms. The largest absolute Gasteiger partial charge is 0.394 e. The maximum atomic E-state index is 12.9. The van der Waals surface area contributed by atoms with E-state index in [1.807, 2.05) is 18.2 Å². The summed E-state index contributed by atoms with van der Waals surface area (Å²) in [5.74, 6) is 0.398. The molecule has 23 heavy (non-hydrogen) atoms. The summed E-state index contributed by atoms with van der Waals surface area (Å²) >= 11 is 0. The van der Waals surface area contributed by atoms with Crippen LogP contribution >= 0.6 is 0 Å². The predicted molar refractivity (Wildman–Crippen MR) is 93.2 cm³/mol. The topological polar surface area (TPSA) is 57.6 Å². The molecule has 1 unspecified atom stereocenters. The van der Waals surface area contributed by atoms with Crippen LogP contribution in [0.4, 0.5) is 5.69 Å². The molecule has 0 amide bonds. The van der Waals surface area contributed by atoms with Crippen LogP contribution in [0.25, 0.3) is 0 Å².